The van der Waals surface area contributed by atoms with Crippen LogP contribution in [0.25, 0.3) is 0 Å². The second kappa shape index (κ2) is 9.67. The fourth-order valence-electron chi connectivity index (χ4n) is 2.66. The predicted molar refractivity (Wildman–Crippen MR) is 111 cm³/mol. The van der Waals surface area contributed by atoms with Gasteiger partial charge in [-0.05, 0) is 61.3 Å². The normalized spacial score (nSPS) is 16.7. The van der Waals surface area contributed by atoms with Crippen molar-refractivity contribution < 1.29 is 0 Å². The average molecular weight is 362 g/mol. The van der Waals surface area contributed by atoms with E-state index in [9.17, 15) is 0 Å². The number of hydrogen-bond acceptors (Lipinski definition) is 2. The number of nitrogens with zero attached hydrogens (tertiary/aromatic N) is 1. The maximum absolute atomic E-state index is 6.09. The van der Waals surface area contributed by atoms with E-state index in [1.54, 1.807) is 12.3 Å². The number of hydrogen-bond donors (Lipinski definition) is 2. The summed E-state index contributed by atoms with van der Waals surface area (Å²) in [4.78, 5) is 6.97. The number of imidazole rings is 1. The zero-order valence-electron chi connectivity index (χ0n) is 16.4. The number of rotatable bonds is 3. The molecule has 4 heteroatoms. The van der Waals surface area contributed by atoms with E-state index < -0.39 is 0 Å². The lowest BCUT2D eigenvalue weighted by atomic mass is 10.0. The molecule has 0 saturated heterocycles. The molecule has 0 unspecified atom stereocenters. The lowest BCUT2D eigenvalue weighted by Crippen LogP contribution is -1.91. The Morgan fingerprint density at radius 2 is 2.00 bits per heavy atom. The highest BCUT2D eigenvalue weighted by molar-refractivity contribution is 6.30. The van der Waals surface area contributed by atoms with Gasteiger partial charge < -0.3 is 10.3 Å². The van der Waals surface area contributed by atoms with Gasteiger partial charge in [-0.25, -0.2) is 4.98 Å². The first-order chi connectivity index (χ1) is 11.8. The van der Waals surface area contributed by atoms with E-state index in [-0.39, 0.29) is 0 Å². The minimum atomic E-state index is 0.496. The van der Waals surface area contributed by atoms with Gasteiger partial charge in [0.2, 0.25) is 0 Å². The Bertz CT molecular complexity index is 674. The van der Waals surface area contributed by atoms with Crippen LogP contribution in [0.3, 0.4) is 0 Å². The second-order valence-electron chi connectivity index (χ2n) is 7.06. The molecule has 1 fully saturated rings. The van der Waals surface area contributed by atoms with Gasteiger partial charge in [-0.1, -0.05) is 44.5 Å². The zero-order valence-corrected chi connectivity index (χ0v) is 17.2. The summed E-state index contributed by atoms with van der Waals surface area (Å²) in [7, 11) is 1.83. The van der Waals surface area contributed by atoms with Crippen molar-refractivity contribution in [2.75, 3.05) is 12.4 Å². The minimum Gasteiger partial charge on any atom is -0.359 e. The molecule has 3 nitrogen and oxygen atoms in total. The summed E-state index contributed by atoms with van der Waals surface area (Å²) in [5, 5.41) is 3.77. The third kappa shape index (κ3) is 6.95. The number of halogens is 1. The van der Waals surface area contributed by atoms with Gasteiger partial charge in [-0.15, -0.1) is 6.58 Å². The fraction of sp³-hybridized carbons (Fsp3) is 0.476. The number of anilines is 1. The molecule has 1 aliphatic carbocycles. The molecule has 0 aliphatic heterocycles. The SMILES string of the molecule is C=CC.CCc1cc(Cl)cc([C@@H]2CC2(C)C)c1.CNc1ncc(C)[nH]1. The molecule has 1 aliphatic rings. The maximum atomic E-state index is 6.09. The highest BCUT2D eigenvalue weighted by atomic mass is 35.5. The van der Waals surface area contributed by atoms with E-state index in [0.717, 1.165) is 29.0 Å². The van der Waals surface area contributed by atoms with Crippen molar-refractivity contribution in [2.24, 2.45) is 5.41 Å². The highest BCUT2D eigenvalue weighted by Crippen LogP contribution is 2.58. The van der Waals surface area contributed by atoms with Crippen molar-refractivity contribution in [2.45, 2.75) is 53.4 Å². The van der Waals surface area contributed by atoms with Crippen LogP contribution in [0.2, 0.25) is 5.02 Å². The number of aromatic nitrogens is 2. The Hall–Kier alpha value is -1.74. The van der Waals surface area contributed by atoms with Gasteiger partial charge in [-0.2, -0.15) is 0 Å². The molecule has 2 aromatic rings. The van der Waals surface area contributed by atoms with Gasteiger partial charge in [-0.3, -0.25) is 0 Å². The minimum absolute atomic E-state index is 0.496. The van der Waals surface area contributed by atoms with Crippen molar-refractivity contribution in [1.82, 2.24) is 9.97 Å². The summed E-state index contributed by atoms with van der Waals surface area (Å²) in [6, 6.07) is 6.51. The van der Waals surface area contributed by atoms with E-state index in [1.165, 1.54) is 17.5 Å². The Morgan fingerprint density at radius 1 is 1.40 bits per heavy atom. The first kappa shape index (κ1) is 21.3. The molecule has 1 atom stereocenters. The van der Waals surface area contributed by atoms with Gasteiger partial charge in [0.25, 0.3) is 0 Å². The molecule has 138 valence electrons. The third-order valence-corrected chi connectivity index (χ3v) is 4.46. The smallest absolute Gasteiger partial charge is 0.200 e. The topological polar surface area (TPSA) is 40.7 Å². The van der Waals surface area contributed by atoms with Crippen molar-refractivity contribution >= 4 is 17.5 Å². The number of aryl methyl sites for hydroxylation is 2. The van der Waals surface area contributed by atoms with E-state index in [4.69, 9.17) is 11.6 Å². The quantitative estimate of drug-likeness (QED) is 0.623. The molecule has 3 rings (SSSR count). The maximum Gasteiger partial charge on any atom is 0.200 e. The first-order valence-corrected chi connectivity index (χ1v) is 9.20. The first-order valence-electron chi connectivity index (χ1n) is 8.83. The molecule has 0 amide bonds. The number of benzene rings is 1. The average Bonchev–Trinajstić information content (AvgIpc) is 3.00. The van der Waals surface area contributed by atoms with Crippen LogP contribution in [-0.2, 0) is 6.42 Å². The molecule has 0 bridgehead atoms. The van der Waals surface area contributed by atoms with Crippen LogP contribution < -0.4 is 5.32 Å². The number of allylic oxidation sites excluding steroid dienone is 1. The van der Waals surface area contributed by atoms with Crippen LogP contribution in [0, 0.1) is 12.3 Å². The van der Waals surface area contributed by atoms with Gasteiger partial charge in [0.05, 0.1) is 0 Å². The predicted octanol–water partition coefficient (Wildman–Crippen LogP) is 6.37. The Balaban J connectivity index is 0.000000241. The number of nitrogens with one attached hydrogen (secondary N) is 2. The van der Waals surface area contributed by atoms with Crippen LogP contribution in [0.1, 0.15) is 56.9 Å². The molecule has 25 heavy (non-hydrogen) atoms. The van der Waals surface area contributed by atoms with E-state index in [1.807, 2.05) is 20.9 Å². The number of H-pyrrole nitrogens is 1. The van der Waals surface area contributed by atoms with Crippen LogP contribution in [0.5, 0.6) is 0 Å². The summed E-state index contributed by atoms with van der Waals surface area (Å²) in [5.74, 6) is 1.55. The van der Waals surface area contributed by atoms with Crippen LogP contribution >= 0.6 is 11.6 Å². The zero-order chi connectivity index (χ0) is 19.0. The van der Waals surface area contributed by atoms with Crippen molar-refractivity contribution in [1.29, 1.82) is 0 Å². The summed E-state index contributed by atoms with van der Waals surface area (Å²) >= 11 is 6.09. The van der Waals surface area contributed by atoms with Gasteiger partial charge in [0.1, 0.15) is 0 Å². The Morgan fingerprint density at radius 3 is 2.36 bits per heavy atom. The van der Waals surface area contributed by atoms with Crippen LogP contribution in [0.15, 0.2) is 37.1 Å². The molecule has 0 spiro atoms. The van der Waals surface area contributed by atoms with E-state index in [0.29, 0.717) is 5.41 Å². The lowest BCUT2D eigenvalue weighted by molar-refractivity contribution is 0.621. The van der Waals surface area contributed by atoms with Crippen molar-refractivity contribution in [3.05, 3.63) is 58.9 Å². The summed E-state index contributed by atoms with van der Waals surface area (Å²) in [5.41, 5.74) is 4.36. The number of aromatic amines is 1. The summed E-state index contributed by atoms with van der Waals surface area (Å²) in [6.07, 6.45) is 5.91. The summed E-state index contributed by atoms with van der Waals surface area (Å²) in [6.45, 7) is 14.0. The largest absolute Gasteiger partial charge is 0.359 e. The fourth-order valence-corrected chi connectivity index (χ4v) is 2.92. The van der Waals surface area contributed by atoms with Crippen LogP contribution in [-0.4, -0.2) is 17.0 Å². The van der Waals surface area contributed by atoms with Gasteiger partial charge in [0.15, 0.2) is 5.95 Å². The Kier molecular flexibility index (Phi) is 8.24. The molecule has 1 aromatic carbocycles. The van der Waals surface area contributed by atoms with E-state index in [2.05, 4.69) is 60.8 Å². The van der Waals surface area contributed by atoms with Gasteiger partial charge in [0, 0.05) is 24.0 Å². The molecule has 1 aromatic heterocycles. The van der Waals surface area contributed by atoms with E-state index >= 15 is 0 Å². The van der Waals surface area contributed by atoms with Crippen LogP contribution in [0.4, 0.5) is 5.95 Å². The summed E-state index contributed by atoms with van der Waals surface area (Å²) < 4.78 is 0. The molecular formula is C21H32ClN3. The van der Waals surface area contributed by atoms with Gasteiger partial charge >= 0.3 is 0 Å². The standard InChI is InChI=1S/C13H17Cl.C5H9N3.C3H6/c1-4-9-5-10(7-11(14)6-9)12-8-13(12,2)3;1-4-3-7-5(6-2)8-4;1-3-2/h5-7,12H,4,8H2,1-3H3;3H,1-2H3,(H2,6,7,8);3H,1H2,2H3/t12-;;/m0../s1. The molecule has 1 saturated carbocycles. The Labute approximate surface area is 157 Å². The lowest BCUT2D eigenvalue weighted by Gasteiger charge is -2.06. The monoisotopic (exact) mass is 361 g/mol. The highest BCUT2D eigenvalue weighted by Gasteiger charge is 2.46. The second-order valence-corrected chi connectivity index (χ2v) is 7.50. The molecule has 1 heterocycles. The van der Waals surface area contributed by atoms with Crippen molar-refractivity contribution in [3.8, 4) is 0 Å². The molecule has 0 radical (unpaired) electrons. The molecule has 2 N–H and O–H groups in total. The third-order valence-electron chi connectivity index (χ3n) is 4.24. The van der Waals surface area contributed by atoms with Crippen molar-refractivity contribution in [3.63, 3.8) is 0 Å². The molecular weight excluding hydrogens is 330 g/mol.